The number of carbonyl (C=O) groups excluding carboxylic acids is 2. The van der Waals surface area contributed by atoms with Gasteiger partial charge in [-0.15, -0.1) is 0 Å². The Morgan fingerprint density at radius 2 is 2.05 bits per heavy atom. The highest BCUT2D eigenvalue weighted by molar-refractivity contribution is 6.07. The van der Waals surface area contributed by atoms with Crippen LogP contribution in [0.3, 0.4) is 0 Å². The number of para-hydroxylation sites is 1. The number of anilines is 2. The van der Waals surface area contributed by atoms with E-state index in [-0.39, 0.29) is 11.6 Å². The van der Waals surface area contributed by atoms with Crippen LogP contribution in [0.4, 0.5) is 16.3 Å². The Morgan fingerprint density at radius 3 is 2.85 bits per heavy atom. The van der Waals surface area contributed by atoms with Gasteiger partial charge in [0.1, 0.15) is 5.82 Å². The monoisotopic (exact) mass is 268 g/mol. The van der Waals surface area contributed by atoms with E-state index in [2.05, 4.69) is 10.3 Å². The fourth-order valence-corrected chi connectivity index (χ4v) is 2.22. The van der Waals surface area contributed by atoms with Crippen LogP contribution in [0.1, 0.15) is 15.9 Å². The Balaban J connectivity index is 2.19. The van der Waals surface area contributed by atoms with Gasteiger partial charge in [-0.05, 0) is 18.2 Å². The average Bonchev–Trinajstić information content (AvgIpc) is 2.47. The molecule has 3 N–H and O–H groups in total. The third-order valence-electron chi connectivity index (χ3n) is 3.12. The Bertz CT molecular complexity index is 699. The van der Waals surface area contributed by atoms with Gasteiger partial charge in [-0.3, -0.25) is 4.79 Å². The van der Waals surface area contributed by atoms with Crippen molar-refractivity contribution in [3.63, 3.8) is 0 Å². The van der Waals surface area contributed by atoms with E-state index in [9.17, 15) is 9.59 Å². The number of primary amides is 1. The second kappa shape index (κ2) is 4.65. The zero-order chi connectivity index (χ0) is 14.1. The van der Waals surface area contributed by atoms with Gasteiger partial charge >= 0.3 is 6.03 Å². The third-order valence-corrected chi connectivity index (χ3v) is 3.12. The summed E-state index contributed by atoms with van der Waals surface area (Å²) in [4.78, 5) is 29.3. The first-order valence-corrected chi connectivity index (χ1v) is 6.09. The molecule has 100 valence electrons. The molecule has 0 aliphatic carbocycles. The summed E-state index contributed by atoms with van der Waals surface area (Å²) >= 11 is 0. The van der Waals surface area contributed by atoms with Crippen LogP contribution < -0.4 is 16.0 Å². The van der Waals surface area contributed by atoms with E-state index in [1.807, 2.05) is 6.07 Å². The number of amides is 3. The molecular formula is C14H12N4O2. The molecule has 2 heterocycles. The summed E-state index contributed by atoms with van der Waals surface area (Å²) in [6, 6.07) is 10.0. The number of aromatic nitrogens is 1. The van der Waals surface area contributed by atoms with Gasteiger partial charge in [0.25, 0.3) is 5.91 Å². The van der Waals surface area contributed by atoms with Crippen molar-refractivity contribution in [2.75, 3.05) is 4.90 Å². The van der Waals surface area contributed by atoms with Crippen molar-refractivity contribution in [1.29, 1.82) is 0 Å². The summed E-state index contributed by atoms with van der Waals surface area (Å²) in [5, 5.41) is 2.75. The highest BCUT2D eigenvalue weighted by atomic mass is 16.2. The number of rotatable bonds is 2. The van der Waals surface area contributed by atoms with E-state index in [4.69, 9.17) is 5.73 Å². The van der Waals surface area contributed by atoms with Crippen molar-refractivity contribution < 1.29 is 9.59 Å². The van der Waals surface area contributed by atoms with Crippen LogP contribution in [0.2, 0.25) is 0 Å². The van der Waals surface area contributed by atoms with E-state index in [1.165, 1.54) is 4.90 Å². The maximum absolute atomic E-state index is 12.2. The van der Waals surface area contributed by atoms with E-state index < -0.39 is 5.91 Å². The summed E-state index contributed by atoms with van der Waals surface area (Å²) in [7, 11) is 0. The van der Waals surface area contributed by atoms with Crippen LogP contribution in [0.5, 0.6) is 0 Å². The van der Waals surface area contributed by atoms with E-state index in [0.29, 0.717) is 18.1 Å². The largest absolute Gasteiger partial charge is 0.366 e. The lowest BCUT2D eigenvalue weighted by Crippen LogP contribution is -2.42. The lowest BCUT2D eigenvalue weighted by molar-refractivity contribution is 0.100. The van der Waals surface area contributed by atoms with Crippen molar-refractivity contribution in [2.24, 2.45) is 5.73 Å². The number of carbonyl (C=O) groups is 2. The molecule has 3 amide bonds. The van der Waals surface area contributed by atoms with E-state index >= 15 is 0 Å². The highest BCUT2D eigenvalue weighted by Crippen LogP contribution is 2.31. The smallest absolute Gasteiger partial charge is 0.328 e. The van der Waals surface area contributed by atoms with Gasteiger partial charge in [-0.1, -0.05) is 18.2 Å². The van der Waals surface area contributed by atoms with Gasteiger partial charge < -0.3 is 11.1 Å². The molecule has 0 atom stereocenters. The van der Waals surface area contributed by atoms with Gasteiger partial charge in [0, 0.05) is 18.3 Å². The average molecular weight is 268 g/mol. The topological polar surface area (TPSA) is 88.3 Å². The van der Waals surface area contributed by atoms with Crippen molar-refractivity contribution >= 4 is 23.4 Å². The normalized spacial score (nSPS) is 13.6. The summed E-state index contributed by atoms with van der Waals surface area (Å²) in [6.07, 6.45) is 1.61. The predicted octanol–water partition coefficient (Wildman–Crippen LogP) is 1.54. The standard InChI is InChI=1S/C14H12N4O2/c15-12(19)10-5-1-2-6-11(10)18-13-9(4-3-7-16-13)8-17-14(18)20/h1-7H,8H2,(H2,15,19)(H,17,20). The van der Waals surface area contributed by atoms with Crippen LogP contribution in [-0.2, 0) is 6.54 Å². The van der Waals surface area contributed by atoms with Crippen molar-refractivity contribution in [1.82, 2.24) is 10.3 Å². The maximum Gasteiger partial charge on any atom is 0.328 e. The maximum atomic E-state index is 12.2. The number of pyridine rings is 1. The van der Waals surface area contributed by atoms with E-state index in [1.54, 1.807) is 36.5 Å². The molecule has 1 aromatic carbocycles. The lowest BCUT2D eigenvalue weighted by Gasteiger charge is -2.29. The number of fused-ring (bicyclic) bond motifs is 1. The van der Waals surface area contributed by atoms with Gasteiger partial charge in [0.05, 0.1) is 11.3 Å². The van der Waals surface area contributed by atoms with Gasteiger partial charge in [0.15, 0.2) is 0 Å². The van der Waals surface area contributed by atoms with Crippen molar-refractivity contribution in [3.8, 4) is 0 Å². The minimum atomic E-state index is -0.587. The number of hydrogen-bond acceptors (Lipinski definition) is 3. The first-order valence-electron chi connectivity index (χ1n) is 6.09. The number of benzene rings is 1. The van der Waals surface area contributed by atoms with E-state index in [0.717, 1.165) is 5.56 Å². The summed E-state index contributed by atoms with van der Waals surface area (Å²) in [5.74, 6) is -0.0681. The molecule has 0 unspecified atom stereocenters. The molecule has 0 fully saturated rings. The molecule has 2 aromatic rings. The summed E-state index contributed by atoms with van der Waals surface area (Å²) < 4.78 is 0. The molecule has 6 heteroatoms. The molecule has 1 aliphatic rings. The number of nitrogens with one attached hydrogen (secondary N) is 1. The zero-order valence-corrected chi connectivity index (χ0v) is 10.5. The molecule has 6 nitrogen and oxygen atoms in total. The fraction of sp³-hybridized carbons (Fsp3) is 0.0714. The highest BCUT2D eigenvalue weighted by Gasteiger charge is 2.28. The minimum absolute atomic E-state index is 0.279. The minimum Gasteiger partial charge on any atom is -0.366 e. The Morgan fingerprint density at radius 1 is 1.25 bits per heavy atom. The first kappa shape index (κ1) is 12.2. The lowest BCUT2D eigenvalue weighted by atomic mass is 10.1. The number of nitrogens with zero attached hydrogens (tertiary/aromatic N) is 2. The van der Waals surface area contributed by atoms with Crippen LogP contribution in [0.25, 0.3) is 0 Å². The second-order valence-corrected chi connectivity index (χ2v) is 4.36. The molecule has 0 saturated heterocycles. The van der Waals surface area contributed by atoms with Gasteiger partial charge in [-0.2, -0.15) is 0 Å². The van der Waals surface area contributed by atoms with Crippen LogP contribution in [0.15, 0.2) is 42.6 Å². The van der Waals surface area contributed by atoms with Gasteiger partial charge in [-0.25, -0.2) is 14.7 Å². The number of hydrogen-bond donors (Lipinski definition) is 2. The molecule has 0 spiro atoms. The van der Waals surface area contributed by atoms with Crippen LogP contribution >= 0.6 is 0 Å². The summed E-state index contributed by atoms with van der Waals surface area (Å²) in [6.45, 7) is 0.414. The Hall–Kier alpha value is -2.89. The first-order chi connectivity index (χ1) is 9.68. The quantitative estimate of drug-likeness (QED) is 0.865. The Labute approximate surface area is 115 Å². The Kier molecular flexibility index (Phi) is 2.83. The molecule has 3 rings (SSSR count). The fourth-order valence-electron chi connectivity index (χ4n) is 2.22. The molecule has 20 heavy (non-hydrogen) atoms. The van der Waals surface area contributed by atoms with Crippen LogP contribution in [-0.4, -0.2) is 16.9 Å². The molecule has 0 radical (unpaired) electrons. The predicted molar refractivity (Wildman–Crippen MR) is 73.6 cm³/mol. The van der Waals surface area contributed by atoms with Crippen molar-refractivity contribution in [3.05, 3.63) is 53.7 Å². The molecule has 0 saturated carbocycles. The van der Waals surface area contributed by atoms with Gasteiger partial charge in [0.2, 0.25) is 0 Å². The molecular weight excluding hydrogens is 256 g/mol. The third kappa shape index (κ3) is 1.87. The molecule has 1 aromatic heterocycles. The SMILES string of the molecule is NC(=O)c1ccccc1N1C(=O)NCc2cccnc21. The number of urea groups is 1. The second-order valence-electron chi connectivity index (χ2n) is 4.36. The number of nitrogens with two attached hydrogens (primary N) is 1. The molecule has 1 aliphatic heterocycles. The van der Waals surface area contributed by atoms with Crippen molar-refractivity contribution in [2.45, 2.75) is 6.54 Å². The van der Waals surface area contributed by atoms with Crippen LogP contribution in [0, 0.1) is 0 Å². The summed E-state index contributed by atoms with van der Waals surface area (Å²) in [5.41, 5.74) is 6.96. The molecule has 0 bridgehead atoms. The zero-order valence-electron chi connectivity index (χ0n) is 10.5.